The first-order chi connectivity index (χ1) is 10.3. The van der Waals surface area contributed by atoms with Crippen molar-refractivity contribution in [2.75, 3.05) is 6.61 Å². The van der Waals surface area contributed by atoms with Gasteiger partial charge in [0.15, 0.2) is 0 Å². The summed E-state index contributed by atoms with van der Waals surface area (Å²) in [5, 5.41) is 22.5. The number of carboxylic acids is 1. The fraction of sp³-hybridized carbons (Fsp3) is 0.500. The minimum atomic E-state index is -1.21. The van der Waals surface area contributed by atoms with E-state index in [0.29, 0.717) is 5.69 Å². The number of amides is 2. The van der Waals surface area contributed by atoms with Gasteiger partial charge < -0.3 is 31.6 Å². The van der Waals surface area contributed by atoms with E-state index in [2.05, 4.69) is 20.6 Å². The highest BCUT2D eigenvalue weighted by Gasteiger charge is 2.25. The molecule has 1 aromatic heterocycles. The number of hydrogen-bond donors (Lipinski definition) is 6. The molecule has 122 valence electrons. The summed E-state index contributed by atoms with van der Waals surface area (Å²) in [6.45, 7) is 0.824. The van der Waals surface area contributed by atoms with Gasteiger partial charge in [-0.2, -0.15) is 0 Å². The van der Waals surface area contributed by atoms with Crippen molar-refractivity contribution in [3.05, 3.63) is 18.2 Å². The summed E-state index contributed by atoms with van der Waals surface area (Å²) >= 11 is 0. The maximum absolute atomic E-state index is 11.9. The van der Waals surface area contributed by atoms with Gasteiger partial charge in [0, 0.05) is 18.3 Å². The number of nitrogens with zero attached hydrogens (tertiary/aromatic N) is 1. The summed E-state index contributed by atoms with van der Waals surface area (Å²) < 4.78 is 0. The molecule has 0 aliphatic rings. The Hall–Kier alpha value is -2.46. The lowest BCUT2D eigenvalue weighted by atomic mass is 10.1. The van der Waals surface area contributed by atoms with E-state index < -0.39 is 42.5 Å². The van der Waals surface area contributed by atoms with Crippen LogP contribution in [0.25, 0.3) is 0 Å². The number of aliphatic hydroxyl groups is 1. The number of H-pyrrole nitrogens is 1. The number of rotatable bonds is 8. The Morgan fingerprint density at radius 1 is 1.36 bits per heavy atom. The number of imidazole rings is 1. The Kier molecular flexibility index (Phi) is 6.47. The molecule has 10 heteroatoms. The SMILES string of the molecule is CC(NC(=O)C(N)CO)C(=O)NC(Cc1cnc[nH]1)C(=O)O. The highest BCUT2D eigenvalue weighted by Crippen LogP contribution is 1.99. The van der Waals surface area contributed by atoms with Crippen molar-refractivity contribution < 1.29 is 24.6 Å². The molecule has 7 N–H and O–H groups in total. The molecule has 2 amide bonds. The summed E-state index contributed by atoms with van der Waals surface area (Å²) in [5.41, 5.74) is 5.85. The second-order valence-corrected chi connectivity index (χ2v) is 4.70. The number of carboxylic acid groups (broad SMARTS) is 1. The molecule has 0 saturated heterocycles. The van der Waals surface area contributed by atoms with E-state index >= 15 is 0 Å². The zero-order chi connectivity index (χ0) is 16.7. The molecule has 10 nitrogen and oxygen atoms in total. The van der Waals surface area contributed by atoms with E-state index in [-0.39, 0.29) is 6.42 Å². The number of hydrogen-bond acceptors (Lipinski definition) is 6. The van der Waals surface area contributed by atoms with Gasteiger partial charge in [-0.1, -0.05) is 0 Å². The van der Waals surface area contributed by atoms with Crippen molar-refractivity contribution in [3.63, 3.8) is 0 Å². The molecule has 0 aliphatic heterocycles. The van der Waals surface area contributed by atoms with Crippen molar-refractivity contribution in [1.82, 2.24) is 20.6 Å². The summed E-state index contributed by atoms with van der Waals surface area (Å²) in [5.74, 6) is -2.59. The molecule has 0 radical (unpaired) electrons. The standard InChI is InChI=1S/C12H19N5O5/c1-6(16-11(20)8(13)4-18)10(19)17-9(12(21)22)2-7-3-14-5-15-7/h3,5-6,8-9,18H,2,4,13H2,1H3,(H,14,15)(H,16,20)(H,17,19)(H,21,22). The molecule has 1 rings (SSSR count). The van der Waals surface area contributed by atoms with Crippen molar-refractivity contribution in [2.45, 2.75) is 31.5 Å². The van der Waals surface area contributed by atoms with Gasteiger partial charge in [-0.25, -0.2) is 9.78 Å². The largest absolute Gasteiger partial charge is 0.480 e. The van der Waals surface area contributed by atoms with Crippen LogP contribution in [0.5, 0.6) is 0 Å². The summed E-state index contributed by atoms with van der Waals surface area (Å²) in [4.78, 5) is 41.0. The van der Waals surface area contributed by atoms with E-state index in [4.69, 9.17) is 15.9 Å². The van der Waals surface area contributed by atoms with Crippen LogP contribution in [0.3, 0.4) is 0 Å². The number of carbonyl (C=O) groups excluding carboxylic acids is 2. The lowest BCUT2D eigenvalue weighted by molar-refractivity contribution is -0.142. The van der Waals surface area contributed by atoms with Gasteiger partial charge in [-0.05, 0) is 6.92 Å². The second-order valence-electron chi connectivity index (χ2n) is 4.70. The highest BCUT2D eigenvalue weighted by atomic mass is 16.4. The fourth-order valence-corrected chi connectivity index (χ4v) is 1.58. The Labute approximate surface area is 126 Å². The Morgan fingerprint density at radius 2 is 2.05 bits per heavy atom. The third-order valence-electron chi connectivity index (χ3n) is 2.88. The predicted molar refractivity (Wildman–Crippen MR) is 74.5 cm³/mol. The van der Waals surface area contributed by atoms with Crippen LogP contribution in [0.1, 0.15) is 12.6 Å². The number of carbonyl (C=O) groups is 3. The van der Waals surface area contributed by atoms with Crippen LogP contribution in [0, 0.1) is 0 Å². The minimum absolute atomic E-state index is 0.0257. The third-order valence-corrected chi connectivity index (χ3v) is 2.88. The highest BCUT2D eigenvalue weighted by molar-refractivity contribution is 5.91. The van der Waals surface area contributed by atoms with E-state index in [1.807, 2.05) is 0 Å². The maximum Gasteiger partial charge on any atom is 0.326 e. The van der Waals surface area contributed by atoms with Crippen LogP contribution in [0.2, 0.25) is 0 Å². The van der Waals surface area contributed by atoms with Gasteiger partial charge in [0.25, 0.3) is 0 Å². The monoisotopic (exact) mass is 313 g/mol. The van der Waals surface area contributed by atoms with Crippen LogP contribution < -0.4 is 16.4 Å². The molecule has 0 bridgehead atoms. The number of aromatic amines is 1. The van der Waals surface area contributed by atoms with Crippen LogP contribution in [-0.4, -0.2) is 62.7 Å². The number of aliphatic carboxylic acids is 1. The van der Waals surface area contributed by atoms with E-state index in [1.165, 1.54) is 19.4 Å². The summed E-state index contributed by atoms with van der Waals surface area (Å²) in [6, 6.07) is -3.30. The smallest absolute Gasteiger partial charge is 0.326 e. The van der Waals surface area contributed by atoms with Crippen molar-refractivity contribution in [1.29, 1.82) is 0 Å². The second kappa shape index (κ2) is 8.10. The van der Waals surface area contributed by atoms with Crippen molar-refractivity contribution in [3.8, 4) is 0 Å². The molecule has 0 aliphatic carbocycles. The molecule has 0 aromatic carbocycles. The average molecular weight is 313 g/mol. The lowest BCUT2D eigenvalue weighted by Gasteiger charge is -2.19. The molecular formula is C12H19N5O5. The van der Waals surface area contributed by atoms with E-state index in [1.54, 1.807) is 0 Å². The Morgan fingerprint density at radius 3 is 2.55 bits per heavy atom. The van der Waals surface area contributed by atoms with Crippen LogP contribution >= 0.6 is 0 Å². The molecule has 1 aromatic rings. The zero-order valence-corrected chi connectivity index (χ0v) is 11.9. The van der Waals surface area contributed by atoms with Gasteiger partial charge in [-0.15, -0.1) is 0 Å². The molecule has 3 atom stereocenters. The van der Waals surface area contributed by atoms with Gasteiger partial charge >= 0.3 is 5.97 Å². The van der Waals surface area contributed by atoms with Gasteiger partial charge in [0.2, 0.25) is 11.8 Å². The number of nitrogens with two attached hydrogens (primary N) is 1. The topological polar surface area (TPSA) is 170 Å². The van der Waals surface area contributed by atoms with Crippen molar-refractivity contribution >= 4 is 17.8 Å². The predicted octanol–water partition coefficient (Wildman–Crippen LogP) is -2.65. The van der Waals surface area contributed by atoms with Gasteiger partial charge in [0.1, 0.15) is 18.1 Å². The molecule has 0 saturated carbocycles. The minimum Gasteiger partial charge on any atom is -0.480 e. The lowest BCUT2D eigenvalue weighted by Crippen LogP contribution is -2.54. The molecule has 1 heterocycles. The maximum atomic E-state index is 11.9. The third kappa shape index (κ3) is 5.14. The van der Waals surface area contributed by atoms with Crippen LogP contribution in [0.4, 0.5) is 0 Å². The quantitative estimate of drug-likeness (QED) is 0.304. The average Bonchev–Trinajstić information content (AvgIpc) is 2.98. The molecule has 22 heavy (non-hydrogen) atoms. The first-order valence-corrected chi connectivity index (χ1v) is 6.52. The fourth-order valence-electron chi connectivity index (χ4n) is 1.58. The van der Waals surface area contributed by atoms with Gasteiger partial charge in [0.05, 0.1) is 12.9 Å². The summed E-state index contributed by atoms with van der Waals surface area (Å²) in [7, 11) is 0. The normalized spacial score (nSPS) is 14.7. The number of aliphatic hydroxyl groups excluding tert-OH is 1. The molecule has 3 unspecified atom stereocenters. The zero-order valence-electron chi connectivity index (χ0n) is 11.9. The summed E-state index contributed by atoms with van der Waals surface area (Å²) in [6.07, 6.45) is 2.88. The molecular weight excluding hydrogens is 294 g/mol. The first kappa shape index (κ1) is 17.6. The Bertz CT molecular complexity index is 518. The van der Waals surface area contributed by atoms with Gasteiger partial charge in [-0.3, -0.25) is 9.59 Å². The van der Waals surface area contributed by atoms with Crippen LogP contribution in [-0.2, 0) is 20.8 Å². The van der Waals surface area contributed by atoms with Crippen LogP contribution in [0.15, 0.2) is 12.5 Å². The molecule has 0 fully saturated rings. The number of nitrogens with one attached hydrogen (secondary N) is 3. The Balaban J connectivity index is 2.59. The number of aromatic nitrogens is 2. The van der Waals surface area contributed by atoms with E-state index in [9.17, 15) is 14.4 Å². The molecule has 0 spiro atoms. The van der Waals surface area contributed by atoms with Crippen molar-refractivity contribution in [2.24, 2.45) is 5.73 Å². The first-order valence-electron chi connectivity index (χ1n) is 6.52. The van der Waals surface area contributed by atoms with E-state index in [0.717, 1.165) is 0 Å².